The molecule has 2 aliphatic heterocycles. The van der Waals surface area contributed by atoms with Gasteiger partial charge in [0.15, 0.2) is 0 Å². The second kappa shape index (κ2) is 8.50. The van der Waals surface area contributed by atoms with Gasteiger partial charge in [-0.3, -0.25) is 9.69 Å². The summed E-state index contributed by atoms with van der Waals surface area (Å²) in [4.78, 5) is 20.0. The zero-order chi connectivity index (χ0) is 19.5. The van der Waals surface area contributed by atoms with Crippen LogP contribution >= 0.6 is 0 Å². The topological polar surface area (TPSA) is 31.7 Å². The highest BCUT2D eigenvalue weighted by Gasteiger charge is 2.28. The summed E-state index contributed by atoms with van der Waals surface area (Å²) in [5.74, 6) is 0.245. The molecule has 0 N–H and O–H groups in total. The summed E-state index contributed by atoms with van der Waals surface area (Å²) < 4.78 is 2.13. The average molecular weight is 381 g/mol. The summed E-state index contributed by atoms with van der Waals surface area (Å²) in [5.41, 5.74) is 3.42. The monoisotopic (exact) mass is 380 g/mol. The van der Waals surface area contributed by atoms with Crippen LogP contribution in [0.3, 0.4) is 0 Å². The van der Waals surface area contributed by atoms with Gasteiger partial charge in [0.2, 0.25) is 5.91 Å². The van der Waals surface area contributed by atoms with Crippen LogP contribution in [-0.2, 0) is 11.2 Å². The fourth-order valence-corrected chi connectivity index (χ4v) is 4.48. The molecule has 0 bridgehead atoms. The summed E-state index contributed by atoms with van der Waals surface area (Å²) in [6.07, 6.45) is 5.03. The van der Waals surface area contributed by atoms with Crippen molar-refractivity contribution < 1.29 is 4.79 Å². The Morgan fingerprint density at radius 3 is 2.32 bits per heavy atom. The SMILES string of the molecule is Cc1ccc(-n2cccc2CC(=O)N2CCN(C3CCN(C)CC3)CC2)cc1. The Morgan fingerprint density at radius 2 is 1.64 bits per heavy atom. The number of amides is 1. The first-order chi connectivity index (χ1) is 13.6. The zero-order valence-electron chi connectivity index (χ0n) is 17.2. The van der Waals surface area contributed by atoms with Crippen molar-refractivity contribution in [2.24, 2.45) is 0 Å². The molecule has 5 nitrogen and oxygen atoms in total. The van der Waals surface area contributed by atoms with Crippen LogP contribution in [0.5, 0.6) is 0 Å². The Labute approximate surface area is 168 Å². The van der Waals surface area contributed by atoms with Gasteiger partial charge in [0, 0.05) is 49.8 Å². The normalized spacial score (nSPS) is 19.9. The summed E-state index contributed by atoms with van der Waals surface area (Å²) >= 11 is 0. The highest BCUT2D eigenvalue weighted by atomic mass is 16.2. The van der Waals surface area contributed by atoms with Gasteiger partial charge in [0.1, 0.15) is 0 Å². The summed E-state index contributed by atoms with van der Waals surface area (Å²) in [7, 11) is 2.21. The number of hydrogen-bond donors (Lipinski definition) is 0. The molecule has 28 heavy (non-hydrogen) atoms. The standard InChI is InChI=1S/C23H32N4O/c1-19-5-7-21(8-6-19)27-11-3-4-22(27)18-23(28)26-16-14-25(15-17-26)20-9-12-24(2)13-10-20/h3-8,11,20H,9-10,12-18H2,1-2H3. The number of rotatable bonds is 4. The number of piperazine rings is 1. The molecule has 0 spiro atoms. The smallest absolute Gasteiger partial charge is 0.228 e. The second-order valence-electron chi connectivity index (χ2n) is 8.33. The van der Waals surface area contributed by atoms with Gasteiger partial charge in [-0.25, -0.2) is 0 Å². The van der Waals surface area contributed by atoms with Crippen LogP contribution in [0.1, 0.15) is 24.1 Å². The first kappa shape index (κ1) is 19.2. The van der Waals surface area contributed by atoms with E-state index in [2.05, 4.69) is 63.6 Å². The molecular formula is C23H32N4O. The molecule has 5 heteroatoms. The second-order valence-corrected chi connectivity index (χ2v) is 8.33. The lowest BCUT2D eigenvalue weighted by atomic mass is 10.0. The van der Waals surface area contributed by atoms with E-state index < -0.39 is 0 Å². The number of benzene rings is 1. The molecule has 2 aliphatic rings. The summed E-state index contributed by atoms with van der Waals surface area (Å²) in [5, 5.41) is 0. The van der Waals surface area contributed by atoms with Crippen molar-refractivity contribution in [2.45, 2.75) is 32.2 Å². The minimum atomic E-state index is 0.245. The van der Waals surface area contributed by atoms with E-state index in [1.807, 2.05) is 12.3 Å². The van der Waals surface area contributed by atoms with Gasteiger partial charge in [0.05, 0.1) is 6.42 Å². The molecule has 0 aliphatic carbocycles. The number of piperidine rings is 1. The van der Waals surface area contributed by atoms with Gasteiger partial charge in [-0.1, -0.05) is 17.7 Å². The number of nitrogens with zero attached hydrogens (tertiary/aromatic N) is 4. The molecule has 1 aromatic carbocycles. The molecular weight excluding hydrogens is 348 g/mol. The van der Waals surface area contributed by atoms with Gasteiger partial charge < -0.3 is 14.4 Å². The van der Waals surface area contributed by atoms with Crippen molar-refractivity contribution in [3.8, 4) is 5.69 Å². The fourth-order valence-electron chi connectivity index (χ4n) is 4.48. The third kappa shape index (κ3) is 4.31. The van der Waals surface area contributed by atoms with Gasteiger partial charge in [0.25, 0.3) is 0 Å². The van der Waals surface area contributed by atoms with Gasteiger partial charge in [-0.15, -0.1) is 0 Å². The predicted molar refractivity (Wildman–Crippen MR) is 113 cm³/mol. The molecule has 0 radical (unpaired) electrons. The van der Waals surface area contributed by atoms with Crippen molar-refractivity contribution >= 4 is 5.91 Å². The number of carbonyl (C=O) groups excluding carboxylic acids is 1. The van der Waals surface area contributed by atoms with Crippen LogP contribution in [0.25, 0.3) is 5.69 Å². The predicted octanol–water partition coefficient (Wildman–Crippen LogP) is 2.57. The van der Waals surface area contributed by atoms with Crippen LogP contribution in [0.4, 0.5) is 0 Å². The minimum absolute atomic E-state index is 0.245. The molecule has 3 heterocycles. The van der Waals surface area contributed by atoms with E-state index >= 15 is 0 Å². The highest BCUT2D eigenvalue weighted by molar-refractivity contribution is 5.78. The number of hydrogen-bond acceptors (Lipinski definition) is 3. The first-order valence-electron chi connectivity index (χ1n) is 10.5. The van der Waals surface area contributed by atoms with Crippen LogP contribution in [-0.4, -0.2) is 77.5 Å². The van der Waals surface area contributed by atoms with Crippen molar-refractivity contribution in [3.05, 3.63) is 53.9 Å². The van der Waals surface area contributed by atoms with E-state index in [9.17, 15) is 4.79 Å². The third-order valence-electron chi connectivity index (χ3n) is 6.35. The van der Waals surface area contributed by atoms with E-state index in [1.165, 1.54) is 31.5 Å². The number of aryl methyl sites for hydroxylation is 1. The molecule has 1 amide bonds. The Morgan fingerprint density at radius 1 is 0.964 bits per heavy atom. The molecule has 2 aromatic rings. The van der Waals surface area contributed by atoms with Crippen molar-refractivity contribution in [2.75, 3.05) is 46.3 Å². The van der Waals surface area contributed by atoms with E-state index in [0.29, 0.717) is 12.5 Å². The van der Waals surface area contributed by atoms with E-state index in [-0.39, 0.29) is 5.91 Å². The quantitative estimate of drug-likeness (QED) is 0.817. The van der Waals surface area contributed by atoms with Crippen LogP contribution in [0.15, 0.2) is 42.6 Å². The lowest BCUT2D eigenvalue weighted by molar-refractivity contribution is -0.132. The summed E-state index contributed by atoms with van der Waals surface area (Å²) in [6, 6.07) is 13.2. The van der Waals surface area contributed by atoms with E-state index in [1.54, 1.807) is 0 Å². The van der Waals surface area contributed by atoms with Crippen LogP contribution in [0, 0.1) is 6.92 Å². The Kier molecular flexibility index (Phi) is 5.83. The fraction of sp³-hybridized carbons (Fsp3) is 0.522. The molecule has 0 unspecified atom stereocenters. The third-order valence-corrected chi connectivity index (χ3v) is 6.35. The zero-order valence-corrected chi connectivity index (χ0v) is 17.2. The summed E-state index contributed by atoms with van der Waals surface area (Å²) in [6.45, 7) is 8.22. The van der Waals surface area contributed by atoms with Crippen LogP contribution < -0.4 is 0 Å². The van der Waals surface area contributed by atoms with E-state index in [0.717, 1.165) is 37.6 Å². The number of carbonyl (C=O) groups is 1. The maximum absolute atomic E-state index is 12.9. The molecule has 150 valence electrons. The van der Waals surface area contributed by atoms with E-state index in [4.69, 9.17) is 0 Å². The Balaban J connectivity index is 1.33. The number of likely N-dealkylation sites (tertiary alicyclic amines) is 1. The maximum atomic E-state index is 12.9. The van der Waals surface area contributed by atoms with Crippen molar-refractivity contribution in [3.63, 3.8) is 0 Å². The van der Waals surface area contributed by atoms with Gasteiger partial charge >= 0.3 is 0 Å². The molecule has 2 saturated heterocycles. The Bertz CT molecular complexity index is 781. The molecule has 2 fully saturated rings. The largest absolute Gasteiger partial charge is 0.340 e. The first-order valence-corrected chi connectivity index (χ1v) is 10.5. The maximum Gasteiger partial charge on any atom is 0.228 e. The van der Waals surface area contributed by atoms with Crippen molar-refractivity contribution in [1.29, 1.82) is 0 Å². The average Bonchev–Trinajstić information content (AvgIpc) is 3.17. The molecule has 0 saturated carbocycles. The van der Waals surface area contributed by atoms with Gasteiger partial charge in [-0.05, 0) is 64.2 Å². The molecule has 0 atom stereocenters. The molecule has 4 rings (SSSR count). The lowest BCUT2D eigenvalue weighted by Gasteiger charge is -2.42. The van der Waals surface area contributed by atoms with Gasteiger partial charge in [-0.2, -0.15) is 0 Å². The van der Waals surface area contributed by atoms with Crippen molar-refractivity contribution in [1.82, 2.24) is 19.3 Å². The Hall–Kier alpha value is -2.11. The number of aromatic nitrogens is 1. The molecule has 1 aromatic heterocycles. The lowest BCUT2D eigenvalue weighted by Crippen LogP contribution is -2.54. The minimum Gasteiger partial charge on any atom is -0.340 e. The highest BCUT2D eigenvalue weighted by Crippen LogP contribution is 2.19. The van der Waals surface area contributed by atoms with Crippen LogP contribution in [0.2, 0.25) is 0 Å².